The maximum atomic E-state index is 8.37. The Hall–Kier alpha value is -1.62. The van der Waals surface area contributed by atoms with E-state index < -0.39 is 0 Å². The lowest BCUT2D eigenvalue weighted by atomic mass is 10.1. The molecular formula is C9H8N2. The molecule has 2 heteroatoms. The molecule has 0 amide bonds. The minimum Gasteiger partial charge on any atom is -0.265 e. The summed E-state index contributed by atoms with van der Waals surface area (Å²) in [6.07, 6.45) is 3.76. The maximum Gasteiger partial charge on any atom is 0.0669 e. The van der Waals surface area contributed by atoms with Crippen LogP contribution in [-0.4, -0.2) is 4.98 Å². The van der Waals surface area contributed by atoms with Gasteiger partial charge in [0.05, 0.1) is 12.5 Å². The number of nitrogens with zero attached hydrogens (tertiary/aromatic N) is 2. The molecule has 1 heterocycles. The van der Waals surface area contributed by atoms with Crippen LogP contribution in [0.25, 0.3) is 5.57 Å². The molecule has 0 aliphatic heterocycles. The van der Waals surface area contributed by atoms with Crippen LogP contribution < -0.4 is 0 Å². The predicted molar refractivity (Wildman–Crippen MR) is 43.5 cm³/mol. The molecule has 0 bridgehead atoms. The summed E-state index contributed by atoms with van der Waals surface area (Å²) < 4.78 is 0. The van der Waals surface area contributed by atoms with Crippen LogP contribution in [0.4, 0.5) is 0 Å². The van der Waals surface area contributed by atoms with E-state index >= 15 is 0 Å². The van der Waals surface area contributed by atoms with E-state index in [1.54, 1.807) is 12.4 Å². The van der Waals surface area contributed by atoms with Gasteiger partial charge in [0.1, 0.15) is 0 Å². The monoisotopic (exact) mass is 144 g/mol. The quantitative estimate of drug-likeness (QED) is 0.636. The molecule has 1 rings (SSSR count). The van der Waals surface area contributed by atoms with E-state index in [0.29, 0.717) is 6.42 Å². The molecule has 1 aromatic rings. The third-order valence-electron chi connectivity index (χ3n) is 1.38. The number of hydrogen-bond donors (Lipinski definition) is 0. The van der Waals surface area contributed by atoms with E-state index in [-0.39, 0.29) is 0 Å². The van der Waals surface area contributed by atoms with Gasteiger partial charge in [-0.25, -0.2) is 0 Å². The van der Waals surface area contributed by atoms with Gasteiger partial charge in [-0.2, -0.15) is 5.26 Å². The highest BCUT2D eigenvalue weighted by Crippen LogP contribution is 2.12. The SMILES string of the molecule is C=C(CC#N)c1ccncc1. The van der Waals surface area contributed by atoms with Crippen LogP contribution in [0.1, 0.15) is 12.0 Å². The van der Waals surface area contributed by atoms with Gasteiger partial charge < -0.3 is 0 Å². The third-order valence-corrected chi connectivity index (χ3v) is 1.38. The first-order valence-corrected chi connectivity index (χ1v) is 3.29. The number of hydrogen-bond acceptors (Lipinski definition) is 2. The molecule has 0 atom stereocenters. The summed E-state index contributed by atoms with van der Waals surface area (Å²) in [5.41, 5.74) is 1.83. The largest absolute Gasteiger partial charge is 0.265 e. The Kier molecular flexibility index (Phi) is 2.40. The zero-order chi connectivity index (χ0) is 8.10. The van der Waals surface area contributed by atoms with Crippen LogP contribution in [0.3, 0.4) is 0 Å². The van der Waals surface area contributed by atoms with Crippen LogP contribution in [0.15, 0.2) is 31.1 Å². The van der Waals surface area contributed by atoms with E-state index in [0.717, 1.165) is 11.1 Å². The lowest BCUT2D eigenvalue weighted by Crippen LogP contribution is -1.80. The number of allylic oxidation sites excluding steroid dienone is 1. The molecule has 0 aliphatic rings. The molecular weight excluding hydrogens is 136 g/mol. The van der Waals surface area contributed by atoms with Gasteiger partial charge in [0.15, 0.2) is 0 Å². The minimum atomic E-state index is 0.379. The Morgan fingerprint density at radius 2 is 2.18 bits per heavy atom. The summed E-state index contributed by atoms with van der Waals surface area (Å²) in [5.74, 6) is 0. The Morgan fingerprint density at radius 3 is 2.73 bits per heavy atom. The Balaban J connectivity index is 2.79. The molecule has 0 spiro atoms. The molecule has 0 saturated carbocycles. The lowest BCUT2D eigenvalue weighted by Gasteiger charge is -1.97. The van der Waals surface area contributed by atoms with Crippen LogP contribution in [-0.2, 0) is 0 Å². The molecule has 0 radical (unpaired) electrons. The zero-order valence-electron chi connectivity index (χ0n) is 6.12. The van der Waals surface area contributed by atoms with Crippen LogP contribution in [0.5, 0.6) is 0 Å². The summed E-state index contributed by atoms with van der Waals surface area (Å²) in [6, 6.07) is 5.74. The first kappa shape index (κ1) is 7.49. The van der Waals surface area contributed by atoms with Crippen molar-refractivity contribution in [3.63, 3.8) is 0 Å². The first-order chi connectivity index (χ1) is 5.34. The van der Waals surface area contributed by atoms with Gasteiger partial charge in [0.2, 0.25) is 0 Å². The summed E-state index contributed by atoms with van der Waals surface area (Å²) >= 11 is 0. The van der Waals surface area contributed by atoms with Crippen molar-refractivity contribution < 1.29 is 0 Å². The Bertz CT molecular complexity index is 282. The average Bonchev–Trinajstić information content (AvgIpc) is 2.07. The zero-order valence-corrected chi connectivity index (χ0v) is 6.12. The van der Waals surface area contributed by atoms with Gasteiger partial charge in [-0.15, -0.1) is 0 Å². The smallest absolute Gasteiger partial charge is 0.0669 e. The van der Waals surface area contributed by atoms with Gasteiger partial charge in [-0.05, 0) is 23.3 Å². The van der Waals surface area contributed by atoms with E-state index in [9.17, 15) is 0 Å². The molecule has 0 aliphatic carbocycles. The number of aromatic nitrogens is 1. The summed E-state index contributed by atoms with van der Waals surface area (Å²) in [7, 11) is 0. The molecule has 0 saturated heterocycles. The fourth-order valence-electron chi connectivity index (χ4n) is 0.785. The topological polar surface area (TPSA) is 36.7 Å². The van der Waals surface area contributed by atoms with Crippen molar-refractivity contribution in [1.29, 1.82) is 5.26 Å². The van der Waals surface area contributed by atoms with E-state index in [1.165, 1.54) is 0 Å². The van der Waals surface area contributed by atoms with Crippen molar-refractivity contribution in [1.82, 2.24) is 4.98 Å². The highest BCUT2D eigenvalue weighted by Gasteiger charge is 1.94. The standard InChI is InChI=1S/C9H8N2/c1-8(2-5-10)9-3-6-11-7-4-9/h3-4,6-7H,1-2H2. The molecule has 1 aromatic heterocycles. The fourth-order valence-corrected chi connectivity index (χ4v) is 0.785. The molecule has 11 heavy (non-hydrogen) atoms. The molecule has 0 N–H and O–H groups in total. The maximum absolute atomic E-state index is 8.37. The van der Waals surface area contributed by atoms with Crippen LogP contribution in [0, 0.1) is 11.3 Å². The van der Waals surface area contributed by atoms with E-state index in [1.807, 2.05) is 18.2 Å². The Labute approximate surface area is 65.8 Å². The predicted octanol–water partition coefficient (Wildman–Crippen LogP) is 2.01. The van der Waals surface area contributed by atoms with Gasteiger partial charge >= 0.3 is 0 Å². The number of pyridine rings is 1. The van der Waals surface area contributed by atoms with Crippen molar-refractivity contribution in [2.45, 2.75) is 6.42 Å². The van der Waals surface area contributed by atoms with Crippen molar-refractivity contribution >= 4 is 5.57 Å². The summed E-state index contributed by atoms with van der Waals surface area (Å²) in [4.78, 5) is 3.86. The van der Waals surface area contributed by atoms with Crippen molar-refractivity contribution in [2.75, 3.05) is 0 Å². The average molecular weight is 144 g/mol. The lowest BCUT2D eigenvalue weighted by molar-refractivity contribution is 1.29. The van der Waals surface area contributed by atoms with Crippen LogP contribution >= 0.6 is 0 Å². The van der Waals surface area contributed by atoms with E-state index in [4.69, 9.17) is 5.26 Å². The van der Waals surface area contributed by atoms with Gasteiger partial charge in [0, 0.05) is 12.4 Å². The molecule has 54 valence electrons. The first-order valence-electron chi connectivity index (χ1n) is 3.29. The highest BCUT2D eigenvalue weighted by molar-refractivity contribution is 5.64. The van der Waals surface area contributed by atoms with Crippen molar-refractivity contribution in [3.8, 4) is 6.07 Å². The highest BCUT2D eigenvalue weighted by atomic mass is 14.6. The van der Waals surface area contributed by atoms with Crippen LogP contribution in [0.2, 0.25) is 0 Å². The Morgan fingerprint density at radius 1 is 1.55 bits per heavy atom. The normalized spacial score (nSPS) is 8.64. The van der Waals surface area contributed by atoms with Gasteiger partial charge in [-0.3, -0.25) is 4.98 Å². The second-order valence-electron chi connectivity index (χ2n) is 2.17. The second-order valence-corrected chi connectivity index (χ2v) is 2.17. The van der Waals surface area contributed by atoms with Crippen molar-refractivity contribution in [3.05, 3.63) is 36.7 Å². The summed E-state index contributed by atoms with van der Waals surface area (Å²) in [5, 5.41) is 8.37. The number of nitriles is 1. The van der Waals surface area contributed by atoms with Gasteiger partial charge in [0.25, 0.3) is 0 Å². The van der Waals surface area contributed by atoms with Gasteiger partial charge in [-0.1, -0.05) is 6.58 Å². The van der Waals surface area contributed by atoms with E-state index in [2.05, 4.69) is 11.6 Å². The number of rotatable bonds is 2. The third kappa shape index (κ3) is 1.91. The molecule has 0 aromatic carbocycles. The summed E-state index contributed by atoms with van der Waals surface area (Å²) in [6.45, 7) is 3.76. The minimum absolute atomic E-state index is 0.379. The molecule has 0 fully saturated rings. The van der Waals surface area contributed by atoms with Crippen molar-refractivity contribution in [2.24, 2.45) is 0 Å². The molecule has 0 unspecified atom stereocenters. The fraction of sp³-hybridized carbons (Fsp3) is 0.111. The molecule has 2 nitrogen and oxygen atoms in total. The second kappa shape index (κ2) is 3.52.